The Labute approximate surface area is 118 Å². The van der Waals surface area contributed by atoms with Crippen LogP contribution in [0.2, 0.25) is 0 Å². The summed E-state index contributed by atoms with van der Waals surface area (Å²) >= 11 is 0. The van der Waals surface area contributed by atoms with Gasteiger partial charge in [0.05, 0.1) is 0 Å². The summed E-state index contributed by atoms with van der Waals surface area (Å²) in [5.74, 6) is -0.804. The van der Waals surface area contributed by atoms with Crippen LogP contribution in [0.4, 0.5) is 13.2 Å². The SMILES string of the molecule is O=C(O)c1cnc(O[C@@H]2C[C@H]3CC[C@@H]2C3)nc1C(F)(F)F. The standard InChI is InChI=1S/C13H13F3N2O3/c14-13(15,16)10-8(11(19)20)5-17-12(18-10)21-9-4-6-1-2-7(9)3-6/h5-7,9H,1-4H2,(H,19,20)/t6-,7+,9+/m0/s1. The molecule has 5 nitrogen and oxygen atoms in total. The fourth-order valence-corrected chi connectivity index (χ4v) is 3.26. The van der Waals surface area contributed by atoms with Crippen LogP contribution < -0.4 is 4.74 Å². The smallest absolute Gasteiger partial charge is 0.434 e. The molecule has 8 heteroatoms. The van der Waals surface area contributed by atoms with E-state index in [2.05, 4.69) is 9.97 Å². The maximum Gasteiger partial charge on any atom is 0.434 e. The molecule has 2 aliphatic carbocycles. The monoisotopic (exact) mass is 302 g/mol. The van der Waals surface area contributed by atoms with Gasteiger partial charge in [0.2, 0.25) is 0 Å². The van der Waals surface area contributed by atoms with Gasteiger partial charge in [-0.1, -0.05) is 0 Å². The van der Waals surface area contributed by atoms with Gasteiger partial charge in [0.25, 0.3) is 0 Å². The number of carboxylic acids is 1. The molecule has 0 spiro atoms. The molecular formula is C13H13F3N2O3. The number of nitrogens with zero attached hydrogens (tertiary/aromatic N) is 2. The van der Waals surface area contributed by atoms with Gasteiger partial charge in [-0.05, 0) is 37.5 Å². The summed E-state index contributed by atoms with van der Waals surface area (Å²) in [6, 6.07) is -0.398. The average molecular weight is 302 g/mol. The third-order valence-electron chi connectivity index (χ3n) is 4.20. The minimum atomic E-state index is -4.86. The number of aromatic carboxylic acids is 1. The largest absolute Gasteiger partial charge is 0.478 e. The van der Waals surface area contributed by atoms with E-state index in [0.717, 1.165) is 25.7 Å². The molecule has 2 aliphatic rings. The third kappa shape index (κ3) is 2.66. The van der Waals surface area contributed by atoms with Crippen molar-refractivity contribution >= 4 is 5.97 Å². The van der Waals surface area contributed by atoms with Gasteiger partial charge in [0.15, 0.2) is 5.69 Å². The molecule has 3 rings (SSSR count). The average Bonchev–Trinajstić information content (AvgIpc) is 2.99. The van der Waals surface area contributed by atoms with Gasteiger partial charge in [-0.3, -0.25) is 0 Å². The van der Waals surface area contributed by atoms with Crippen molar-refractivity contribution in [1.29, 1.82) is 0 Å². The van der Waals surface area contributed by atoms with Crippen molar-refractivity contribution in [2.24, 2.45) is 11.8 Å². The van der Waals surface area contributed by atoms with Gasteiger partial charge >= 0.3 is 18.2 Å². The van der Waals surface area contributed by atoms with E-state index in [-0.39, 0.29) is 6.10 Å². The molecule has 2 fully saturated rings. The maximum atomic E-state index is 12.8. The third-order valence-corrected chi connectivity index (χ3v) is 4.20. The molecule has 2 saturated carbocycles. The highest BCUT2D eigenvalue weighted by molar-refractivity contribution is 5.88. The number of rotatable bonds is 3. The van der Waals surface area contributed by atoms with Crippen LogP contribution in [0.15, 0.2) is 6.20 Å². The summed E-state index contributed by atoms with van der Waals surface area (Å²) in [6.07, 6.45) is -0.392. The van der Waals surface area contributed by atoms with E-state index in [1.165, 1.54) is 0 Å². The summed E-state index contributed by atoms with van der Waals surface area (Å²) < 4.78 is 44.0. The van der Waals surface area contributed by atoms with Crippen molar-refractivity contribution in [3.8, 4) is 6.01 Å². The molecule has 0 amide bonds. The second-order valence-corrected chi connectivity index (χ2v) is 5.55. The van der Waals surface area contributed by atoms with Crippen molar-refractivity contribution in [3.05, 3.63) is 17.5 Å². The van der Waals surface area contributed by atoms with Crippen LogP contribution in [-0.4, -0.2) is 27.1 Å². The Bertz CT molecular complexity index is 576. The Hall–Kier alpha value is -1.86. The quantitative estimate of drug-likeness (QED) is 0.929. The molecule has 2 bridgehead atoms. The first-order valence-corrected chi connectivity index (χ1v) is 6.69. The molecule has 1 N–H and O–H groups in total. The fourth-order valence-electron chi connectivity index (χ4n) is 3.26. The zero-order valence-corrected chi connectivity index (χ0v) is 10.9. The molecule has 114 valence electrons. The Morgan fingerprint density at radius 1 is 1.33 bits per heavy atom. The first-order chi connectivity index (χ1) is 9.84. The van der Waals surface area contributed by atoms with E-state index < -0.39 is 29.4 Å². The molecule has 1 heterocycles. The van der Waals surface area contributed by atoms with Gasteiger partial charge < -0.3 is 9.84 Å². The zero-order valence-electron chi connectivity index (χ0n) is 10.9. The molecule has 1 aromatic rings. The number of aromatic nitrogens is 2. The van der Waals surface area contributed by atoms with Crippen molar-refractivity contribution in [2.45, 2.75) is 38.0 Å². The van der Waals surface area contributed by atoms with Crippen LogP contribution in [0.25, 0.3) is 0 Å². The molecular weight excluding hydrogens is 289 g/mol. The highest BCUT2D eigenvalue weighted by Crippen LogP contribution is 2.45. The normalized spacial score (nSPS) is 27.9. The number of hydrogen-bond acceptors (Lipinski definition) is 4. The first-order valence-electron chi connectivity index (χ1n) is 6.69. The number of alkyl halides is 3. The number of carboxylic acid groups (broad SMARTS) is 1. The summed E-state index contributed by atoms with van der Waals surface area (Å²) in [5.41, 5.74) is -2.44. The van der Waals surface area contributed by atoms with Crippen molar-refractivity contribution in [2.75, 3.05) is 0 Å². The van der Waals surface area contributed by atoms with E-state index in [1.54, 1.807) is 0 Å². The van der Waals surface area contributed by atoms with Crippen LogP contribution in [0.3, 0.4) is 0 Å². The van der Waals surface area contributed by atoms with Crippen LogP contribution in [0.1, 0.15) is 41.7 Å². The van der Waals surface area contributed by atoms with E-state index in [4.69, 9.17) is 9.84 Å². The Morgan fingerprint density at radius 3 is 2.62 bits per heavy atom. The van der Waals surface area contributed by atoms with Gasteiger partial charge in [-0.25, -0.2) is 9.78 Å². The fraction of sp³-hybridized carbons (Fsp3) is 0.615. The number of carbonyl (C=O) groups is 1. The number of halogens is 3. The van der Waals surface area contributed by atoms with E-state index in [0.29, 0.717) is 18.0 Å². The molecule has 0 aliphatic heterocycles. The van der Waals surface area contributed by atoms with E-state index in [9.17, 15) is 18.0 Å². The van der Waals surface area contributed by atoms with Crippen LogP contribution >= 0.6 is 0 Å². The van der Waals surface area contributed by atoms with Gasteiger partial charge in [-0.2, -0.15) is 18.2 Å². The van der Waals surface area contributed by atoms with E-state index >= 15 is 0 Å². The molecule has 0 aromatic carbocycles. The topological polar surface area (TPSA) is 72.3 Å². The van der Waals surface area contributed by atoms with Crippen molar-refractivity contribution < 1.29 is 27.8 Å². The highest BCUT2D eigenvalue weighted by atomic mass is 19.4. The lowest BCUT2D eigenvalue weighted by molar-refractivity contribution is -0.142. The zero-order chi connectivity index (χ0) is 15.2. The molecule has 0 saturated heterocycles. The molecule has 1 aromatic heterocycles. The number of ether oxygens (including phenoxy) is 1. The minimum absolute atomic E-state index is 0.166. The van der Waals surface area contributed by atoms with Gasteiger partial charge in [0.1, 0.15) is 11.7 Å². The van der Waals surface area contributed by atoms with Crippen molar-refractivity contribution in [3.63, 3.8) is 0 Å². The maximum absolute atomic E-state index is 12.8. The lowest BCUT2D eigenvalue weighted by Crippen LogP contribution is -2.25. The molecule has 21 heavy (non-hydrogen) atoms. The lowest BCUT2D eigenvalue weighted by Gasteiger charge is -2.22. The molecule has 0 radical (unpaired) electrons. The molecule has 0 unspecified atom stereocenters. The second kappa shape index (κ2) is 4.85. The van der Waals surface area contributed by atoms with Crippen LogP contribution in [-0.2, 0) is 6.18 Å². The molecule has 3 atom stereocenters. The number of fused-ring (bicyclic) bond motifs is 2. The predicted molar refractivity (Wildman–Crippen MR) is 63.9 cm³/mol. The first kappa shape index (κ1) is 14.1. The van der Waals surface area contributed by atoms with Crippen LogP contribution in [0, 0.1) is 11.8 Å². The second-order valence-electron chi connectivity index (χ2n) is 5.55. The predicted octanol–water partition coefficient (Wildman–Crippen LogP) is 2.76. The Morgan fingerprint density at radius 2 is 2.10 bits per heavy atom. The summed E-state index contributed by atoms with van der Waals surface area (Å²) in [6.45, 7) is 0. The van der Waals surface area contributed by atoms with E-state index in [1.807, 2.05) is 0 Å². The summed E-state index contributed by atoms with van der Waals surface area (Å²) in [4.78, 5) is 17.7. The Kier molecular flexibility index (Phi) is 3.26. The van der Waals surface area contributed by atoms with Crippen molar-refractivity contribution in [1.82, 2.24) is 9.97 Å². The summed E-state index contributed by atoms with van der Waals surface area (Å²) in [5, 5.41) is 8.77. The lowest BCUT2D eigenvalue weighted by atomic mass is 9.98. The van der Waals surface area contributed by atoms with Crippen LogP contribution in [0.5, 0.6) is 6.01 Å². The minimum Gasteiger partial charge on any atom is -0.478 e. The highest BCUT2D eigenvalue weighted by Gasteiger charge is 2.42. The Balaban J connectivity index is 1.85. The summed E-state index contributed by atoms with van der Waals surface area (Å²) in [7, 11) is 0. The number of hydrogen-bond donors (Lipinski definition) is 1. The van der Waals surface area contributed by atoms with Gasteiger partial charge in [-0.15, -0.1) is 0 Å². The van der Waals surface area contributed by atoms with Gasteiger partial charge in [0, 0.05) is 6.20 Å².